The Morgan fingerprint density at radius 1 is 1.22 bits per heavy atom. The number of hydrogen-bond acceptors (Lipinski definition) is 5. The number of amides is 2. The average Bonchev–Trinajstić information content (AvgIpc) is 2.99. The largest absolute Gasteiger partial charge is 0.368 e. The van der Waals surface area contributed by atoms with Gasteiger partial charge in [-0.1, -0.05) is 24.3 Å². The van der Waals surface area contributed by atoms with E-state index >= 15 is 0 Å². The Morgan fingerprint density at radius 2 is 2.00 bits per heavy atom. The van der Waals surface area contributed by atoms with Gasteiger partial charge in [-0.15, -0.1) is 0 Å². The number of rotatable bonds is 6. The van der Waals surface area contributed by atoms with Crippen LogP contribution in [0.15, 0.2) is 59.8 Å². The Balaban J connectivity index is 1.80. The molecular formula is C18H15N5O4. The molecule has 0 bridgehead atoms. The number of primary amides is 1. The molecule has 3 N–H and O–H groups in total. The lowest BCUT2D eigenvalue weighted by atomic mass is 10.2. The van der Waals surface area contributed by atoms with Gasteiger partial charge < -0.3 is 10.3 Å². The molecule has 0 aliphatic heterocycles. The van der Waals surface area contributed by atoms with Gasteiger partial charge in [0.25, 0.3) is 11.6 Å². The minimum Gasteiger partial charge on any atom is -0.368 e. The molecule has 136 valence electrons. The zero-order valence-corrected chi connectivity index (χ0v) is 14.0. The van der Waals surface area contributed by atoms with Crippen LogP contribution >= 0.6 is 0 Å². The first-order valence-electron chi connectivity index (χ1n) is 7.90. The molecule has 0 unspecified atom stereocenters. The van der Waals surface area contributed by atoms with Crippen LogP contribution in [0.1, 0.15) is 15.9 Å². The van der Waals surface area contributed by atoms with Gasteiger partial charge in [0.2, 0.25) is 5.91 Å². The first-order valence-corrected chi connectivity index (χ1v) is 7.90. The summed E-state index contributed by atoms with van der Waals surface area (Å²) in [6.07, 6.45) is 3.15. The fraction of sp³-hybridized carbons (Fsp3) is 0.0556. The summed E-state index contributed by atoms with van der Waals surface area (Å²) < 4.78 is 1.70. The summed E-state index contributed by atoms with van der Waals surface area (Å²) >= 11 is 0. The minimum atomic E-state index is -0.576. The quantitative estimate of drug-likeness (QED) is 0.391. The van der Waals surface area contributed by atoms with Crippen LogP contribution in [0.4, 0.5) is 5.69 Å². The van der Waals surface area contributed by atoms with E-state index in [1.807, 2.05) is 24.3 Å². The van der Waals surface area contributed by atoms with Crippen molar-refractivity contribution < 1.29 is 14.5 Å². The molecule has 3 aromatic rings. The molecule has 3 rings (SSSR count). The van der Waals surface area contributed by atoms with E-state index in [-0.39, 0.29) is 17.8 Å². The molecule has 0 aliphatic rings. The van der Waals surface area contributed by atoms with Gasteiger partial charge in [0.05, 0.1) is 11.1 Å². The smallest absolute Gasteiger partial charge is 0.271 e. The third-order valence-electron chi connectivity index (χ3n) is 3.83. The fourth-order valence-electron chi connectivity index (χ4n) is 2.66. The molecule has 0 saturated heterocycles. The van der Waals surface area contributed by atoms with Crippen molar-refractivity contribution in [1.82, 2.24) is 9.99 Å². The molecule has 0 aliphatic carbocycles. The summed E-state index contributed by atoms with van der Waals surface area (Å²) in [5.41, 5.74) is 9.04. The standard InChI is InChI=1S/C18H15N5O4/c19-17(24)11-22-10-13(15-6-1-2-7-16(15)22)9-20-21-18(25)12-4-3-5-14(8-12)23(26)27/h1-10H,11H2,(H2,19,24)(H,21,25)/b20-9-. The van der Waals surface area contributed by atoms with Gasteiger partial charge in [0.1, 0.15) is 6.54 Å². The maximum absolute atomic E-state index is 12.1. The van der Waals surface area contributed by atoms with Gasteiger partial charge in [-0.2, -0.15) is 5.10 Å². The number of carbonyl (C=O) groups is 2. The number of nitrogens with one attached hydrogen (secondary N) is 1. The lowest BCUT2D eigenvalue weighted by Crippen LogP contribution is -2.18. The number of nitro benzene ring substituents is 1. The SMILES string of the molecule is NC(=O)Cn1cc(/C=N\NC(=O)c2cccc([N+](=O)[O-])c2)c2ccccc21. The van der Waals surface area contributed by atoms with Crippen molar-refractivity contribution in [2.45, 2.75) is 6.54 Å². The van der Waals surface area contributed by atoms with Gasteiger partial charge in [0, 0.05) is 40.4 Å². The summed E-state index contributed by atoms with van der Waals surface area (Å²) in [5, 5.41) is 15.5. The van der Waals surface area contributed by atoms with Gasteiger partial charge >= 0.3 is 0 Å². The Bertz CT molecular complexity index is 1070. The first kappa shape index (κ1) is 17.8. The monoisotopic (exact) mass is 365 g/mol. The number of hydrazone groups is 1. The van der Waals surface area contributed by atoms with Crippen LogP contribution in [0.25, 0.3) is 10.9 Å². The Morgan fingerprint density at radius 3 is 2.74 bits per heavy atom. The van der Waals surface area contributed by atoms with E-state index in [2.05, 4.69) is 10.5 Å². The summed E-state index contributed by atoms with van der Waals surface area (Å²) in [6.45, 7) is 0.0222. The number of nitrogens with zero attached hydrogens (tertiary/aromatic N) is 3. The van der Waals surface area contributed by atoms with Crippen LogP contribution in [-0.4, -0.2) is 27.5 Å². The highest BCUT2D eigenvalue weighted by atomic mass is 16.6. The van der Waals surface area contributed by atoms with E-state index in [0.717, 1.165) is 10.9 Å². The molecule has 2 aromatic carbocycles. The van der Waals surface area contributed by atoms with Crippen molar-refractivity contribution >= 4 is 34.6 Å². The number of hydrogen-bond donors (Lipinski definition) is 2. The van der Waals surface area contributed by atoms with Crippen LogP contribution < -0.4 is 11.2 Å². The normalized spacial score (nSPS) is 11.0. The van der Waals surface area contributed by atoms with Crippen LogP contribution in [0.3, 0.4) is 0 Å². The fourth-order valence-corrected chi connectivity index (χ4v) is 2.66. The zero-order chi connectivity index (χ0) is 19.4. The molecule has 9 nitrogen and oxygen atoms in total. The number of nitrogens with two attached hydrogens (primary N) is 1. The predicted molar refractivity (Wildman–Crippen MR) is 99.3 cm³/mol. The van der Waals surface area contributed by atoms with E-state index in [9.17, 15) is 19.7 Å². The van der Waals surface area contributed by atoms with Gasteiger partial charge in [-0.3, -0.25) is 19.7 Å². The van der Waals surface area contributed by atoms with Gasteiger partial charge in [0.15, 0.2) is 0 Å². The molecule has 27 heavy (non-hydrogen) atoms. The maximum Gasteiger partial charge on any atom is 0.271 e. The number of carbonyl (C=O) groups excluding carboxylic acids is 2. The van der Waals surface area contributed by atoms with Gasteiger partial charge in [-0.05, 0) is 12.1 Å². The van der Waals surface area contributed by atoms with Crippen LogP contribution in [0.5, 0.6) is 0 Å². The second-order valence-corrected chi connectivity index (χ2v) is 5.70. The topological polar surface area (TPSA) is 133 Å². The molecule has 9 heteroatoms. The number of aromatic nitrogens is 1. The molecule has 0 atom stereocenters. The summed E-state index contributed by atoms with van der Waals surface area (Å²) in [6, 6.07) is 12.7. The molecule has 0 radical (unpaired) electrons. The lowest BCUT2D eigenvalue weighted by molar-refractivity contribution is -0.384. The summed E-state index contributed by atoms with van der Waals surface area (Å²) in [7, 11) is 0. The lowest BCUT2D eigenvalue weighted by Gasteiger charge is -2.00. The third kappa shape index (κ3) is 3.98. The van der Waals surface area contributed by atoms with Crippen molar-refractivity contribution in [2.75, 3.05) is 0 Å². The Hall–Kier alpha value is -4.01. The highest BCUT2D eigenvalue weighted by Crippen LogP contribution is 2.20. The van der Waals surface area contributed by atoms with Crippen molar-refractivity contribution in [1.29, 1.82) is 0 Å². The highest BCUT2D eigenvalue weighted by Gasteiger charge is 2.11. The van der Waals surface area contributed by atoms with E-state index in [4.69, 9.17) is 5.73 Å². The van der Waals surface area contributed by atoms with E-state index in [1.54, 1.807) is 10.8 Å². The van der Waals surface area contributed by atoms with E-state index < -0.39 is 16.7 Å². The van der Waals surface area contributed by atoms with Crippen molar-refractivity contribution in [3.8, 4) is 0 Å². The zero-order valence-electron chi connectivity index (χ0n) is 14.0. The minimum absolute atomic E-state index is 0.0222. The van der Waals surface area contributed by atoms with Crippen LogP contribution in [0.2, 0.25) is 0 Å². The molecule has 2 amide bonds. The van der Waals surface area contributed by atoms with Crippen molar-refractivity contribution in [3.63, 3.8) is 0 Å². The number of non-ortho nitro benzene ring substituents is 1. The van der Waals surface area contributed by atoms with Crippen LogP contribution in [0, 0.1) is 10.1 Å². The average molecular weight is 365 g/mol. The molecule has 0 spiro atoms. The number of benzene rings is 2. The Kier molecular flexibility index (Phi) is 4.93. The second kappa shape index (κ2) is 7.48. The van der Waals surface area contributed by atoms with Gasteiger partial charge in [-0.25, -0.2) is 5.43 Å². The number of para-hydroxylation sites is 1. The summed E-state index contributed by atoms with van der Waals surface area (Å²) in [5.74, 6) is -1.05. The number of fused-ring (bicyclic) bond motifs is 1. The van der Waals surface area contributed by atoms with Crippen molar-refractivity contribution in [2.24, 2.45) is 10.8 Å². The van der Waals surface area contributed by atoms with E-state index in [1.165, 1.54) is 30.5 Å². The third-order valence-corrected chi connectivity index (χ3v) is 3.83. The summed E-state index contributed by atoms with van der Waals surface area (Å²) in [4.78, 5) is 33.5. The molecule has 0 saturated carbocycles. The van der Waals surface area contributed by atoms with Crippen molar-refractivity contribution in [3.05, 3.63) is 76.0 Å². The highest BCUT2D eigenvalue weighted by molar-refractivity contribution is 6.01. The molecular weight excluding hydrogens is 350 g/mol. The Labute approximate surface area is 153 Å². The number of nitro groups is 1. The van der Waals surface area contributed by atoms with Crippen LogP contribution in [-0.2, 0) is 11.3 Å². The molecule has 1 heterocycles. The second-order valence-electron chi connectivity index (χ2n) is 5.70. The van der Waals surface area contributed by atoms with E-state index in [0.29, 0.717) is 5.56 Å². The molecule has 1 aromatic heterocycles. The maximum atomic E-state index is 12.1. The molecule has 0 fully saturated rings. The predicted octanol–water partition coefficient (Wildman–Crippen LogP) is 1.80. The first-order chi connectivity index (χ1) is 13.0.